The summed E-state index contributed by atoms with van der Waals surface area (Å²) in [6.07, 6.45) is -0.205. The molecule has 1 saturated heterocycles. The summed E-state index contributed by atoms with van der Waals surface area (Å²) in [6, 6.07) is 6.68. The Morgan fingerprint density at radius 1 is 1.42 bits per heavy atom. The van der Waals surface area contributed by atoms with E-state index >= 15 is 0 Å². The highest BCUT2D eigenvalue weighted by Gasteiger charge is 2.33. The standard InChI is InChI=1S/C11H12ClNO5S/c1-19(15,16)17-7-10-6-13(11(14)18-10)9-4-2-8(12)3-5-9/h2-5,10H,6-7H2,1H3. The van der Waals surface area contributed by atoms with Gasteiger partial charge in [-0.2, -0.15) is 8.42 Å². The van der Waals surface area contributed by atoms with Gasteiger partial charge in [-0.3, -0.25) is 9.08 Å². The van der Waals surface area contributed by atoms with E-state index < -0.39 is 22.3 Å². The number of carbonyl (C=O) groups is 1. The maximum Gasteiger partial charge on any atom is 0.414 e. The summed E-state index contributed by atoms with van der Waals surface area (Å²) in [4.78, 5) is 13.1. The Kier molecular flexibility index (Phi) is 3.98. The molecule has 2 rings (SSSR count). The fourth-order valence-electron chi connectivity index (χ4n) is 1.64. The van der Waals surface area contributed by atoms with Crippen LogP contribution in [0.5, 0.6) is 0 Å². The van der Waals surface area contributed by atoms with Gasteiger partial charge in [-0.25, -0.2) is 4.79 Å². The normalized spacial score (nSPS) is 19.6. The second kappa shape index (κ2) is 5.36. The first kappa shape index (κ1) is 14.1. The third-order valence-electron chi connectivity index (χ3n) is 2.48. The van der Waals surface area contributed by atoms with Crippen LogP contribution in [0, 0.1) is 0 Å². The number of halogens is 1. The third kappa shape index (κ3) is 3.82. The highest BCUT2D eigenvalue weighted by atomic mass is 35.5. The average Bonchev–Trinajstić information content (AvgIpc) is 2.68. The van der Waals surface area contributed by atoms with Gasteiger partial charge in [-0.15, -0.1) is 0 Å². The van der Waals surface area contributed by atoms with Crippen LogP contribution < -0.4 is 4.90 Å². The Balaban J connectivity index is 2.01. The van der Waals surface area contributed by atoms with Crippen molar-refractivity contribution in [2.24, 2.45) is 0 Å². The zero-order chi connectivity index (χ0) is 14.0. The van der Waals surface area contributed by atoms with Gasteiger partial charge in [-0.05, 0) is 24.3 Å². The Labute approximate surface area is 116 Å². The molecule has 1 aromatic carbocycles. The van der Waals surface area contributed by atoms with Crippen LogP contribution in [-0.2, 0) is 19.0 Å². The second-order valence-electron chi connectivity index (χ2n) is 4.08. The lowest BCUT2D eigenvalue weighted by Crippen LogP contribution is -2.26. The summed E-state index contributed by atoms with van der Waals surface area (Å²) in [7, 11) is -3.54. The molecule has 104 valence electrons. The quantitative estimate of drug-likeness (QED) is 0.791. The molecule has 1 aliphatic rings. The number of cyclic esters (lactones) is 1. The molecule has 1 fully saturated rings. The Hall–Kier alpha value is -1.31. The summed E-state index contributed by atoms with van der Waals surface area (Å²) in [5.41, 5.74) is 0.635. The van der Waals surface area contributed by atoms with Crippen molar-refractivity contribution in [3.05, 3.63) is 29.3 Å². The number of hydrogen-bond acceptors (Lipinski definition) is 5. The Morgan fingerprint density at radius 3 is 2.63 bits per heavy atom. The molecule has 1 heterocycles. The van der Waals surface area contributed by atoms with Crippen molar-refractivity contribution in [2.45, 2.75) is 6.10 Å². The van der Waals surface area contributed by atoms with Crippen LogP contribution in [0.4, 0.5) is 10.5 Å². The third-order valence-corrected chi connectivity index (χ3v) is 3.30. The van der Waals surface area contributed by atoms with Gasteiger partial charge in [-0.1, -0.05) is 11.6 Å². The van der Waals surface area contributed by atoms with Gasteiger partial charge < -0.3 is 4.74 Å². The van der Waals surface area contributed by atoms with Crippen molar-refractivity contribution in [3.8, 4) is 0 Å². The van der Waals surface area contributed by atoms with E-state index in [0.717, 1.165) is 6.26 Å². The monoisotopic (exact) mass is 305 g/mol. The van der Waals surface area contributed by atoms with E-state index in [9.17, 15) is 13.2 Å². The largest absolute Gasteiger partial charge is 0.441 e. The lowest BCUT2D eigenvalue weighted by molar-refractivity contribution is 0.107. The van der Waals surface area contributed by atoms with Crippen LogP contribution in [0.15, 0.2) is 24.3 Å². The lowest BCUT2D eigenvalue weighted by atomic mass is 10.3. The molecule has 0 radical (unpaired) electrons. The van der Waals surface area contributed by atoms with E-state index in [4.69, 9.17) is 16.3 Å². The molecular formula is C11H12ClNO5S. The number of hydrogen-bond donors (Lipinski definition) is 0. The van der Waals surface area contributed by atoms with E-state index in [2.05, 4.69) is 4.18 Å². The minimum atomic E-state index is -3.54. The minimum absolute atomic E-state index is 0.186. The predicted octanol–water partition coefficient (Wildman–Crippen LogP) is 1.64. The molecule has 0 spiro atoms. The van der Waals surface area contributed by atoms with Crippen LogP contribution in [-0.4, -0.2) is 40.0 Å². The average molecular weight is 306 g/mol. The first-order chi connectivity index (χ1) is 8.85. The molecule has 1 amide bonds. The number of anilines is 1. The molecule has 6 nitrogen and oxygen atoms in total. The van der Waals surface area contributed by atoms with E-state index in [1.54, 1.807) is 24.3 Å². The van der Waals surface area contributed by atoms with E-state index in [-0.39, 0.29) is 13.2 Å². The maximum absolute atomic E-state index is 11.7. The van der Waals surface area contributed by atoms with E-state index in [1.165, 1.54) is 4.90 Å². The summed E-state index contributed by atoms with van der Waals surface area (Å²) < 4.78 is 31.4. The number of amides is 1. The molecule has 0 aromatic heterocycles. The van der Waals surface area contributed by atoms with E-state index in [0.29, 0.717) is 10.7 Å². The van der Waals surface area contributed by atoms with Gasteiger partial charge in [0.15, 0.2) is 0 Å². The van der Waals surface area contributed by atoms with Gasteiger partial charge >= 0.3 is 6.09 Å². The zero-order valence-electron chi connectivity index (χ0n) is 10.1. The molecule has 0 bridgehead atoms. The SMILES string of the molecule is CS(=O)(=O)OCC1CN(c2ccc(Cl)cc2)C(=O)O1. The van der Waals surface area contributed by atoms with Crippen LogP contribution in [0.2, 0.25) is 5.02 Å². The highest BCUT2D eigenvalue weighted by Crippen LogP contribution is 2.23. The van der Waals surface area contributed by atoms with E-state index in [1.807, 2.05) is 0 Å². The highest BCUT2D eigenvalue weighted by molar-refractivity contribution is 7.85. The maximum atomic E-state index is 11.7. The van der Waals surface area contributed by atoms with Crippen molar-refractivity contribution in [1.29, 1.82) is 0 Å². The number of carbonyl (C=O) groups excluding carboxylic acids is 1. The number of benzene rings is 1. The predicted molar refractivity (Wildman–Crippen MR) is 69.9 cm³/mol. The van der Waals surface area contributed by atoms with Crippen LogP contribution in [0.1, 0.15) is 0 Å². The lowest BCUT2D eigenvalue weighted by Gasteiger charge is -2.12. The van der Waals surface area contributed by atoms with Gasteiger partial charge in [0.25, 0.3) is 10.1 Å². The molecule has 1 aromatic rings. The number of nitrogens with zero attached hydrogens (tertiary/aromatic N) is 1. The molecule has 1 unspecified atom stereocenters. The fourth-order valence-corrected chi connectivity index (χ4v) is 2.16. The molecule has 0 aliphatic carbocycles. The van der Waals surface area contributed by atoms with Crippen LogP contribution in [0.3, 0.4) is 0 Å². The van der Waals surface area contributed by atoms with Crippen LogP contribution in [0.25, 0.3) is 0 Å². The molecule has 19 heavy (non-hydrogen) atoms. The number of ether oxygens (including phenoxy) is 1. The molecule has 0 saturated carbocycles. The first-order valence-corrected chi connectivity index (χ1v) is 7.63. The topological polar surface area (TPSA) is 72.9 Å². The smallest absolute Gasteiger partial charge is 0.414 e. The van der Waals surface area contributed by atoms with Crippen molar-refractivity contribution in [3.63, 3.8) is 0 Å². The van der Waals surface area contributed by atoms with Crippen molar-refractivity contribution >= 4 is 33.5 Å². The second-order valence-corrected chi connectivity index (χ2v) is 6.16. The van der Waals surface area contributed by atoms with Gasteiger partial charge in [0, 0.05) is 10.7 Å². The molecule has 1 aliphatic heterocycles. The summed E-state index contributed by atoms with van der Waals surface area (Å²) in [5.74, 6) is 0. The molecular weight excluding hydrogens is 294 g/mol. The first-order valence-electron chi connectivity index (χ1n) is 5.43. The van der Waals surface area contributed by atoms with Gasteiger partial charge in [0.2, 0.25) is 0 Å². The Bertz CT molecular complexity index is 571. The molecule has 8 heteroatoms. The van der Waals surface area contributed by atoms with Gasteiger partial charge in [0.05, 0.1) is 12.8 Å². The summed E-state index contributed by atoms with van der Waals surface area (Å²) in [5, 5.41) is 0.563. The van der Waals surface area contributed by atoms with Crippen LogP contribution >= 0.6 is 11.6 Å². The summed E-state index contributed by atoms with van der Waals surface area (Å²) >= 11 is 5.76. The molecule has 1 atom stereocenters. The molecule has 0 N–H and O–H groups in total. The summed E-state index contributed by atoms with van der Waals surface area (Å²) in [6.45, 7) is 0.0463. The van der Waals surface area contributed by atoms with Crippen molar-refractivity contribution < 1.29 is 22.1 Å². The van der Waals surface area contributed by atoms with Gasteiger partial charge in [0.1, 0.15) is 12.7 Å². The van der Waals surface area contributed by atoms with Crippen molar-refractivity contribution in [1.82, 2.24) is 0 Å². The fraction of sp³-hybridized carbons (Fsp3) is 0.364. The zero-order valence-corrected chi connectivity index (χ0v) is 11.6. The number of rotatable bonds is 4. The Morgan fingerprint density at radius 2 is 2.05 bits per heavy atom. The minimum Gasteiger partial charge on any atom is -0.441 e. The van der Waals surface area contributed by atoms with Crippen molar-refractivity contribution in [2.75, 3.05) is 24.3 Å².